The molecular formula is C60H104N2O6P+. The molecule has 0 aromatic carbocycles. The monoisotopic (exact) mass is 980 g/mol. The molecule has 0 heterocycles. The van der Waals surface area contributed by atoms with Gasteiger partial charge in [0, 0.05) is 6.42 Å². The number of aliphatic hydroxyl groups excluding tert-OH is 1. The van der Waals surface area contributed by atoms with Crippen LogP contribution in [0.5, 0.6) is 0 Å². The second-order valence-corrected chi connectivity index (χ2v) is 20.7. The lowest BCUT2D eigenvalue weighted by molar-refractivity contribution is -0.870. The molecule has 0 aliphatic heterocycles. The van der Waals surface area contributed by atoms with Crippen molar-refractivity contribution >= 4 is 13.7 Å². The quantitative estimate of drug-likeness (QED) is 0.0243. The van der Waals surface area contributed by atoms with Gasteiger partial charge in [0.2, 0.25) is 5.91 Å². The minimum absolute atomic E-state index is 0.0651. The first kappa shape index (κ1) is 65.9. The minimum Gasteiger partial charge on any atom is -0.391 e. The fourth-order valence-electron chi connectivity index (χ4n) is 7.19. The largest absolute Gasteiger partial charge is 0.472 e. The van der Waals surface area contributed by atoms with Crippen molar-refractivity contribution in [1.29, 1.82) is 0 Å². The van der Waals surface area contributed by atoms with Crippen molar-refractivity contribution in [2.45, 2.75) is 212 Å². The summed E-state index contributed by atoms with van der Waals surface area (Å²) in [5.74, 6) is -0.166. The van der Waals surface area contributed by atoms with Crippen LogP contribution < -0.4 is 5.32 Å². The molecule has 0 spiro atoms. The normalized spacial score (nSPS) is 14.9. The second-order valence-electron chi connectivity index (χ2n) is 19.2. The molecule has 9 heteroatoms. The summed E-state index contributed by atoms with van der Waals surface area (Å²) in [6.45, 7) is 4.72. The molecule has 3 atom stereocenters. The number of carbonyl (C=O) groups excluding carboxylic acids is 1. The van der Waals surface area contributed by atoms with Crippen LogP contribution in [0.25, 0.3) is 0 Å². The van der Waals surface area contributed by atoms with E-state index in [-0.39, 0.29) is 19.1 Å². The number of carbonyl (C=O) groups is 1. The molecule has 0 aliphatic carbocycles. The molecule has 0 saturated heterocycles. The van der Waals surface area contributed by atoms with E-state index in [1.54, 1.807) is 0 Å². The Bertz CT molecular complexity index is 1530. The summed E-state index contributed by atoms with van der Waals surface area (Å²) in [4.78, 5) is 23.2. The first-order valence-electron chi connectivity index (χ1n) is 27.4. The Morgan fingerprint density at radius 3 is 1.28 bits per heavy atom. The van der Waals surface area contributed by atoms with Gasteiger partial charge in [0.25, 0.3) is 0 Å². The van der Waals surface area contributed by atoms with Crippen molar-refractivity contribution in [2.24, 2.45) is 0 Å². The van der Waals surface area contributed by atoms with Gasteiger partial charge in [-0.25, -0.2) is 4.57 Å². The van der Waals surface area contributed by atoms with E-state index in [1.165, 1.54) is 57.8 Å². The molecule has 0 radical (unpaired) electrons. The Morgan fingerprint density at radius 2 is 0.870 bits per heavy atom. The third-order valence-electron chi connectivity index (χ3n) is 11.5. The van der Waals surface area contributed by atoms with Gasteiger partial charge in [-0.3, -0.25) is 13.8 Å². The zero-order valence-electron chi connectivity index (χ0n) is 44.8. The van der Waals surface area contributed by atoms with Gasteiger partial charge in [0.1, 0.15) is 13.2 Å². The number of hydrogen-bond acceptors (Lipinski definition) is 5. The van der Waals surface area contributed by atoms with E-state index in [9.17, 15) is 19.4 Å². The van der Waals surface area contributed by atoms with Gasteiger partial charge in [-0.2, -0.15) is 0 Å². The summed E-state index contributed by atoms with van der Waals surface area (Å²) in [7, 11) is 1.58. The number of aliphatic hydroxyl groups is 1. The zero-order chi connectivity index (χ0) is 50.6. The number of quaternary nitrogens is 1. The number of rotatable bonds is 48. The minimum atomic E-state index is -4.33. The molecule has 0 rings (SSSR count). The highest BCUT2D eigenvalue weighted by atomic mass is 31.2. The lowest BCUT2D eigenvalue weighted by atomic mass is 10.0. The van der Waals surface area contributed by atoms with Crippen LogP contribution >= 0.6 is 7.82 Å². The van der Waals surface area contributed by atoms with Crippen LogP contribution in [0.15, 0.2) is 122 Å². The molecule has 0 bridgehead atoms. The van der Waals surface area contributed by atoms with E-state index in [4.69, 9.17) is 9.05 Å². The number of hydrogen-bond donors (Lipinski definition) is 3. The van der Waals surface area contributed by atoms with Crippen LogP contribution in [0.4, 0.5) is 0 Å². The highest BCUT2D eigenvalue weighted by Crippen LogP contribution is 2.43. The molecule has 8 nitrogen and oxygen atoms in total. The van der Waals surface area contributed by atoms with Crippen molar-refractivity contribution in [2.75, 3.05) is 40.9 Å². The molecule has 3 N–H and O–H groups in total. The number of unbranched alkanes of at least 4 members (excludes halogenated alkanes) is 15. The average molecular weight is 980 g/mol. The van der Waals surface area contributed by atoms with E-state index in [0.717, 1.165) is 116 Å². The SMILES string of the molecule is CC/C=C\C/C=C\C/C=C\C/C=C\C/C=C\C/C=C\C/C=C\C/C=C\C/C=C\C/C=C\CCCCCCCCC(=O)NC(COP(=O)(O)OCC[N+](C)(C)C)C(O)CCCCCCCCCCCC. The molecular weight excluding hydrogens is 876 g/mol. The standard InChI is InChI=1S/C60H103N2O6P/c1-6-8-10-12-14-16-18-19-20-21-22-23-24-25-26-27-28-29-30-31-32-33-34-35-36-37-38-39-40-41-42-43-44-46-48-50-52-54-60(64)61-58(57-68-69(65,66)67-56-55-62(3,4)5)59(63)53-51-49-47-45-17-15-13-11-9-7-2/h8,10,14,16,19-20,22-23,25-26,28-29,31-32,34-35,37-38,40-41,58-59,63H,6-7,9,11-13,15,17-18,21,24,27,30,33,36,39,42-57H2,1-5H3,(H-,61,64,65,66)/p+1/b10-8-,16-14-,20-19-,23-22-,26-25-,29-28-,32-31-,35-34-,38-37-,41-40-. The average Bonchev–Trinajstić information content (AvgIpc) is 3.31. The first-order valence-corrected chi connectivity index (χ1v) is 28.9. The van der Waals surface area contributed by atoms with Crippen LogP contribution in [-0.4, -0.2) is 73.4 Å². The van der Waals surface area contributed by atoms with Crippen LogP contribution in [0.3, 0.4) is 0 Å². The van der Waals surface area contributed by atoms with Gasteiger partial charge in [0.15, 0.2) is 0 Å². The Morgan fingerprint density at radius 1 is 0.507 bits per heavy atom. The highest BCUT2D eigenvalue weighted by Gasteiger charge is 2.28. The highest BCUT2D eigenvalue weighted by molar-refractivity contribution is 7.47. The molecule has 69 heavy (non-hydrogen) atoms. The molecule has 1 amide bonds. The summed E-state index contributed by atoms with van der Waals surface area (Å²) < 4.78 is 23.6. The second kappa shape index (κ2) is 49.9. The smallest absolute Gasteiger partial charge is 0.391 e. The number of allylic oxidation sites excluding steroid dienone is 20. The van der Waals surface area contributed by atoms with Gasteiger partial charge in [-0.15, -0.1) is 0 Å². The third kappa shape index (κ3) is 52.6. The van der Waals surface area contributed by atoms with Crippen LogP contribution in [0.2, 0.25) is 0 Å². The van der Waals surface area contributed by atoms with Gasteiger partial charge < -0.3 is 19.8 Å². The van der Waals surface area contributed by atoms with E-state index in [2.05, 4.69) is 141 Å². The van der Waals surface area contributed by atoms with Crippen molar-refractivity contribution in [3.63, 3.8) is 0 Å². The third-order valence-corrected chi connectivity index (χ3v) is 12.5. The molecule has 394 valence electrons. The van der Waals surface area contributed by atoms with E-state index >= 15 is 0 Å². The summed E-state index contributed by atoms with van der Waals surface area (Å²) in [5, 5.41) is 13.9. The van der Waals surface area contributed by atoms with E-state index in [1.807, 2.05) is 21.1 Å². The summed E-state index contributed by atoms with van der Waals surface area (Å²) in [6, 6.07) is -0.775. The van der Waals surface area contributed by atoms with E-state index in [0.29, 0.717) is 23.9 Å². The van der Waals surface area contributed by atoms with Crippen molar-refractivity contribution in [3.8, 4) is 0 Å². The maximum Gasteiger partial charge on any atom is 0.472 e. The summed E-state index contributed by atoms with van der Waals surface area (Å²) >= 11 is 0. The number of nitrogens with one attached hydrogen (secondary N) is 1. The van der Waals surface area contributed by atoms with Gasteiger partial charge >= 0.3 is 7.82 Å². The molecule has 0 fully saturated rings. The van der Waals surface area contributed by atoms with Gasteiger partial charge in [-0.1, -0.05) is 225 Å². The first-order chi connectivity index (χ1) is 33.5. The number of phosphoric ester groups is 1. The molecule has 0 aromatic heterocycles. The summed E-state index contributed by atoms with van der Waals surface area (Å²) in [6.07, 6.45) is 74.0. The fourth-order valence-corrected chi connectivity index (χ4v) is 7.93. The molecule has 0 aromatic rings. The topological polar surface area (TPSA) is 105 Å². The fraction of sp³-hybridized carbons (Fsp3) is 0.650. The molecule has 3 unspecified atom stereocenters. The molecule has 0 aliphatic rings. The van der Waals surface area contributed by atoms with Crippen LogP contribution in [0.1, 0.15) is 200 Å². The van der Waals surface area contributed by atoms with Gasteiger partial charge in [0.05, 0.1) is 39.9 Å². The summed E-state index contributed by atoms with van der Waals surface area (Å²) in [5.41, 5.74) is 0. The molecule has 0 saturated carbocycles. The number of phosphoric acid groups is 1. The lowest BCUT2D eigenvalue weighted by Crippen LogP contribution is -2.46. The van der Waals surface area contributed by atoms with Crippen molar-refractivity contribution < 1.29 is 32.9 Å². The Balaban J connectivity index is 4.13. The Kier molecular flexibility index (Phi) is 47.6. The number of amides is 1. The number of likely N-dealkylation sites (N-methyl/N-ethyl adjacent to an activating group) is 1. The van der Waals surface area contributed by atoms with E-state index < -0.39 is 20.0 Å². The van der Waals surface area contributed by atoms with Gasteiger partial charge in [-0.05, 0) is 89.9 Å². The Hall–Kier alpha value is -3.10. The van der Waals surface area contributed by atoms with Crippen LogP contribution in [0, 0.1) is 0 Å². The maximum atomic E-state index is 12.9. The number of nitrogens with zero attached hydrogens (tertiary/aromatic N) is 1. The van der Waals surface area contributed by atoms with Crippen molar-refractivity contribution in [1.82, 2.24) is 5.32 Å². The predicted octanol–water partition coefficient (Wildman–Crippen LogP) is 16.6. The van der Waals surface area contributed by atoms with Crippen molar-refractivity contribution in [3.05, 3.63) is 122 Å². The zero-order valence-corrected chi connectivity index (χ0v) is 45.6. The maximum absolute atomic E-state index is 12.9. The lowest BCUT2D eigenvalue weighted by Gasteiger charge is -2.26. The Labute approximate surface area is 424 Å². The predicted molar refractivity (Wildman–Crippen MR) is 299 cm³/mol. The van der Waals surface area contributed by atoms with Crippen LogP contribution in [-0.2, 0) is 18.4 Å².